The number of ether oxygens (including phenoxy) is 2. The van der Waals surface area contributed by atoms with Crippen molar-refractivity contribution in [2.45, 2.75) is 60.5 Å². The number of nitrogens with one attached hydrogen (secondary N) is 2. The Kier molecular flexibility index (Phi) is 14.1. The highest BCUT2D eigenvalue weighted by atomic mass is 32.2. The van der Waals surface area contributed by atoms with Crippen LogP contribution in [-0.4, -0.2) is 36.6 Å². The van der Waals surface area contributed by atoms with Gasteiger partial charge in [0.15, 0.2) is 11.6 Å². The van der Waals surface area contributed by atoms with Crippen LogP contribution in [0.3, 0.4) is 0 Å². The van der Waals surface area contributed by atoms with Gasteiger partial charge in [-0.05, 0) is 77.1 Å². The first-order valence-electron chi connectivity index (χ1n) is 20.6. The van der Waals surface area contributed by atoms with E-state index in [0.29, 0.717) is 55.2 Å². The molecule has 0 saturated carbocycles. The van der Waals surface area contributed by atoms with Gasteiger partial charge in [0.1, 0.15) is 13.2 Å². The van der Waals surface area contributed by atoms with Crippen LogP contribution in [0.25, 0.3) is 6.08 Å². The zero-order chi connectivity index (χ0) is 43.8. The van der Waals surface area contributed by atoms with E-state index in [1.54, 1.807) is 30.3 Å². The molecule has 1 aliphatic rings. The summed E-state index contributed by atoms with van der Waals surface area (Å²) in [7, 11) is 0. The van der Waals surface area contributed by atoms with Gasteiger partial charge in [0.05, 0.1) is 22.3 Å². The number of hydrogen-bond donors (Lipinski definition) is 2. The Hall–Kier alpha value is -6.36. The molecule has 0 fully saturated rings. The Bertz CT molecular complexity index is 2640. The highest BCUT2D eigenvalue weighted by Crippen LogP contribution is 2.46. The Morgan fingerprint density at radius 3 is 1.39 bits per heavy atom. The van der Waals surface area contributed by atoms with E-state index in [0.717, 1.165) is 16.7 Å². The molecule has 0 atom stereocenters. The predicted molar refractivity (Wildman–Crippen MR) is 249 cm³/mol. The van der Waals surface area contributed by atoms with Crippen LogP contribution in [0.1, 0.15) is 96.9 Å². The van der Waals surface area contributed by atoms with Gasteiger partial charge in [-0.3, -0.25) is 9.59 Å². The van der Waals surface area contributed by atoms with Crippen LogP contribution in [0, 0.1) is 11.8 Å². The summed E-state index contributed by atoms with van der Waals surface area (Å²) in [6.07, 6.45) is 1.75. The van der Waals surface area contributed by atoms with Crippen LogP contribution in [0.15, 0.2) is 154 Å². The Morgan fingerprint density at radius 1 is 0.532 bits per heavy atom. The average molecular weight is 861 g/mol. The van der Waals surface area contributed by atoms with Gasteiger partial charge in [-0.1, -0.05) is 143 Å². The topological polar surface area (TPSA) is 111 Å². The Labute approximate surface area is 371 Å². The summed E-state index contributed by atoms with van der Waals surface area (Å²) in [6, 6.07) is 38.6. The lowest BCUT2D eigenvalue weighted by Crippen LogP contribution is -2.26. The minimum absolute atomic E-state index is 0.0799. The molecule has 0 heterocycles. The number of benzene rings is 6. The molecule has 0 spiro atoms. The summed E-state index contributed by atoms with van der Waals surface area (Å²) in [5, 5.41) is 6.89. The zero-order valence-corrected chi connectivity index (χ0v) is 36.8. The predicted octanol–water partition coefficient (Wildman–Crippen LogP) is 12.3. The van der Waals surface area contributed by atoms with Gasteiger partial charge in [-0.2, -0.15) is 0 Å². The Balaban J connectivity index is 1.28. The lowest BCUT2D eigenvalue weighted by atomic mass is 9.82. The molecule has 0 unspecified atom stereocenters. The van der Waals surface area contributed by atoms with E-state index in [1.165, 1.54) is 23.5 Å². The van der Waals surface area contributed by atoms with Crippen molar-refractivity contribution in [3.8, 4) is 0 Å². The fraction of sp³-hybridized carbons (Fsp3) is 0.192. The van der Waals surface area contributed by atoms with Crippen LogP contribution in [-0.2, 0) is 22.7 Å². The fourth-order valence-corrected chi connectivity index (χ4v) is 9.05. The molecule has 0 bridgehead atoms. The van der Waals surface area contributed by atoms with Crippen molar-refractivity contribution >= 4 is 64.5 Å². The number of hydrogen-bond acceptors (Lipinski definition) is 10. The monoisotopic (exact) mass is 860 g/mol. The number of rotatable bonds is 17. The van der Waals surface area contributed by atoms with Gasteiger partial charge >= 0.3 is 11.9 Å². The zero-order valence-electron chi connectivity index (χ0n) is 35.2. The second-order valence-electron chi connectivity index (χ2n) is 15.7. The van der Waals surface area contributed by atoms with Crippen molar-refractivity contribution in [2.75, 3.05) is 23.7 Å². The van der Waals surface area contributed by atoms with Crippen LogP contribution in [0.2, 0.25) is 0 Å². The molecule has 62 heavy (non-hydrogen) atoms. The smallest absolute Gasteiger partial charge is 0.339 e. The third kappa shape index (κ3) is 10.0. The van der Waals surface area contributed by atoms with Crippen molar-refractivity contribution in [3.05, 3.63) is 184 Å². The molecule has 0 saturated heterocycles. The second kappa shape index (κ2) is 20.0. The molecule has 2 N–H and O–H groups in total. The molecule has 6 aromatic rings. The third-order valence-corrected chi connectivity index (χ3v) is 12.4. The maximum atomic E-state index is 15.3. The quantitative estimate of drug-likeness (QED) is 0.0859. The molecule has 1 aliphatic carbocycles. The fourth-order valence-electron chi connectivity index (χ4n) is 6.90. The summed E-state index contributed by atoms with van der Waals surface area (Å²) < 4.78 is 11.5. The molecule has 7 rings (SSSR count). The van der Waals surface area contributed by atoms with Crippen LogP contribution in [0.4, 0.5) is 11.4 Å². The first-order chi connectivity index (χ1) is 30.0. The number of carbonyl (C=O) groups is 4. The van der Waals surface area contributed by atoms with Crippen molar-refractivity contribution in [1.82, 2.24) is 0 Å². The molecule has 0 aliphatic heterocycles. The van der Waals surface area contributed by atoms with Crippen molar-refractivity contribution in [3.63, 3.8) is 0 Å². The molecule has 6 aromatic carbocycles. The molecule has 8 nitrogen and oxygen atoms in total. The van der Waals surface area contributed by atoms with E-state index in [4.69, 9.17) is 9.47 Å². The average Bonchev–Trinajstić information content (AvgIpc) is 3.28. The number of anilines is 2. The standard InChI is InChI=1S/C52H48N2O6S2/c1-6-34-20-22-36(23-21-34)31-60-52(58)38-17-11-13-19-42(38)62-44-27-25-40(54-29-33(4)5)46-48(44)50(56)45-39(53-28-32(2)3)24-26-43(47(45)49(46)55)61-41-18-12-10-16-37(41)51(57)59-30-35-14-8-7-9-15-35/h6-27,32-33,53-54H,1,28-31H2,2-5H3. The summed E-state index contributed by atoms with van der Waals surface area (Å²) in [5.41, 5.74) is 5.46. The van der Waals surface area contributed by atoms with Gasteiger partial charge in [-0.15, -0.1) is 0 Å². The molecule has 0 amide bonds. The molecule has 314 valence electrons. The minimum Gasteiger partial charge on any atom is -0.457 e. The molecule has 0 aromatic heterocycles. The first kappa shape index (κ1) is 43.7. The molecule has 0 radical (unpaired) electrons. The van der Waals surface area contributed by atoms with Crippen molar-refractivity contribution in [2.24, 2.45) is 11.8 Å². The summed E-state index contributed by atoms with van der Waals surface area (Å²) >= 11 is 2.50. The van der Waals surface area contributed by atoms with E-state index >= 15 is 9.59 Å². The van der Waals surface area contributed by atoms with Crippen LogP contribution < -0.4 is 10.6 Å². The third-order valence-electron chi connectivity index (χ3n) is 10.1. The van der Waals surface area contributed by atoms with Crippen LogP contribution >= 0.6 is 23.5 Å². The number of carbonyl (C=O) groups excluding carboxylic acids is 4. The normalized spacial score (nSPS) is 11.8. The van der Waals surface area contributed by atoms with Gasteiger partial charge in [0.25, 0.3) is 0 Å². The van der Waals surface area contributed by atoms with Gasteiger partial charge in [0.2, 0.25) is 0 Å². The lowest BCUT2D eigenvalue weighted by molar-refractivity contribution is 0.0460. The van der Waals surface area contributed by atoms with Crippen molar-refractivity contribution < 1.29 is 28.7 Å². The maximum Gasteiger partial charge on any atom is 0.339 e. The maximum absolute atomic E-state index is 15.3. The highest BCUT2D eigenvalue weighted by Gasteiger charge is 2.38. The minimum atomic E-state index is -0.510. The largest absolute Gasteiger partial charge is 0.457 e. The first-order valence-corrected chi connectivity index (χ1v) is 22.2. The lowest BCUT2D eigenvalue weighted by Gasteiger charge is -2.27. The van der Waals surface area contributed by atoms with E-state index in [2.05, 4.69) is 44.9 Å². The van der Waals surface area contributed by atoms with E-state index in [1.807, 2.05) is 103 Å². The summed E-state index contributed by atoms with van der Waals surface area (Å²) in [5.74, 6) is -1.16. The SMILES string of the molecule is C=Cc1ccc(COC(=O)c2ccccc2Sc2ccc(NCC(C)C)c3c2C(=O)c2c(NCC(C)C)ccc(Sc4ccccc4C(=O)OCc4ccccc4)c2C3=O)cc1. The van der Waals surface area contributed by atoms with Gasteiger partial charge in [-0.25, -0.2) is 9.59 Å². The number of esters is 2. The van der Waals surface area contributed by atoms with E-state index < -0.39 is 11.9 Å². The van der Waals surface area contributed by atoms with Crippen LogP contribution in [0.5, 0.6) is 0 Å². The summed E-state index contributed by atoms with van der Waals surface area (Å²) in [6.45, 7) is 13.4. The molecular formula is C52H48N2O6S2. The van der Waals surface area contributed by atoms with Gasteiger partial charge in [0, 0.05) is 55.2 Å². The molecule has 10 heteroatoms. The second-order valence-corrected chi connectivity index (χ2v) is 17.9. The number of fused-ring (bicyclic) bond motifs is 2. The van der Waals surface area contributed by atoms with Gasteiger partial charge < -0.3 is 20.1 Å². The Morgan fingerprint density at radius 2 is 0.952 bits per heavy atom. The van der Waals surface area contributed by atoms with E-state index in [9.17, 15) is 9.59 Å². The summed E-state index contributed by atoms with van der Waals surface area (Å²) in [4.78, 5) is 60.0. The number of ketones is 2. The van der Waals surface area contributed by atoms with E-state index in [-0.39, 0.29) is 58.9 Å². The van der Waals surface area contributed by atoms with Crippen molar-refractivity contribution in [1.29, 1.82) is 0 Å². The molecular weight excluding hydrogens is 813 g/mol. The highest BCUT2D eigenvalue weighted by molar-refractivity contribution is 7.99.